The number of nitrogens with one attached hydrogen (secondary N) is 1. The van der Waals surface area contributed by atoms with Gasteiger partial charge in [-0.15, -0.1) is 0 Å². The van der Waals surface area contributed by atoms with E-state index in [1.807, 2.05) is 0 Å². The average Bonchev–Trinajstić information content (AvgIpc) is 3.74. The molecule has 2 unspecified atom stereocenters. The van der Waals surface area contributed by atoms with E-state index in [1.54, 1.807) is 0 Å². The lowest BCUT2D eigenvalue weighted by Crippen LogP contribution is -2.29. The van der Waals surface area contributed by atoms with E-state index in [0.717, 1.165) is 33.0 Å². The highest BCUT2D eigenvalue weighted by atomic mass is 16.3. The summed E-state index contributed by atoms with van der Waals surface area (Å²) in [6.45, 7) is 0. The minimum Gasteiger partial charge on any atom is -0.455 e. The lowest BCUT2D eigenvalue weighted by atomic mass is 9.86. The van der Waals surface area contributed by atoms with Gasteiger partial charge in [-0.3, -0.25) is 0 Å². The van der Waals surface area contributed by atoms with Crippen molar-refractivity contribution in [3.63, 3.8) is 0 Å². The van der Waals surface area contributed by atoms with Crippen molar-refractivity contribution in [1.82, 2.24) is 4.98 Å². The highest BCUT2D eigenvalue weighted by Gasteiger charge is 2.39. The summed E-state index contributed by atoms with van der Waals surface area (Å²) in [5.41, 5.74) is 10.4. The Labute approximate surface area is 248 Å². The number of furan rings is 1. The van der Waals surface area contributed by atoms with E-state index in [9.17, 15) is 0 Å². The quantitative estimate of drug-likeness (QED) is 0.232. The number of benzene rings is 6. The molecule has 0 saturated carbocycles. The average molecular weight is 551 g/mol. The topological polar surface area (TPSA) is 32.2 Å². The molecule has 8 aromatic rings. The fourth-order valence-electron chi connectivity index (χ4n) is 7.66. The Bertz CT molecular complexity index is 2480. The van der Waals surface area contributed by atoms with Crippen LogP contribution in [0, 0.1) is 0 Å². The van der Waals surface area contributed by atoms with Crippen LogP contribution in [0.2, 0.25) is 0 Å². The van der Waals surface area contributed by atoms with E-state index in [1.165, 1.54) is 49.6 Å². The Morgan fingerprint density at radius 1 is 0.605 bits per heavy atom. The molecule has 0 radical (unpaired) electrons. The summed E-state index contributed by atoms with van der Waals surface area (Å²) in [6.07, 6.45) is 7.14. The van der Waals surface area contributed by atoms with E-state index >= 15 is 0 Å². The molecule has 0 fully saturated rings. The third kappa shape index (κ3) is 3.14. The summed E-state index contributed by atoms with van der Waals surface area (Å²) in [5, 5.41) is 7.12. The zero-order valence-electron chi connectivity index (χ0n) is 23.3. The molecule has 3 heteroatoms. The molecule has 3 heterocycles. The zero-order valence-corrected chi connectivity index (χ0v) is 23.3. The maximum absolute atomic E-state index is 6.86. The fraction of sp³-hybridized carbons (Fsp3) is 0.0500. The summed E-state index contributed by atoms with van der Waals surface area (Å²) in [7, 11) is 0. The highest BCUT2D eigenvalue weighted by molar-refractivity contribution is 6.28. The van der Waals surface area contributed by atoms with E-state index < -0.39 is 0 Å². The van der Waals surface area contributed by atoms with Gasteiger partial charge in [-0.1, -0.05) is 109 Å². The highest BCUT2D eigenvalue weighted by Crippen LogP contribution is 2.52. The van der Waals surface area contributed by atoms with Gasteiger partial charge in [-0.2, -0.15) is 0 Å². The molecule has 2 aliphatic rings. The predicted octanol–water partition coefficient (Wildman–Crippen LogP) is 10.6. The molecule has 0 spiro atoms. The maximum atomic E-state index is 6.86. The lowest BCUT2D eigenvalue weighted by Gasteiger charge is -2.30. The first kappa shape index (κ1) is 23.1. The molecule has 0 bridgehead atoms. The van der Waals surface area contributed by atoms with Crippen molar-refractivity contribution in [3.8, 4) is 0 Å². The first-order valence-electron chi connectivity index (χ1n) is 14.9. The summed E-state index contributed by atoms with van der Waals surface area (Å²) >= 11 is 0. The SMILES string of the molecule is C1=CC2C(C=C1c1ccccc1)c1ccccc1N2c1cc2oc3c(ccc4[nH]c5ccccc5c43)c2c2ccccc12. The molecule has 202 valence electrons. The van der Waals surface area contributed by atoms with Crippen LogP contribution in [0.25, 0.3) is 60.1 Å². The van der Waals surface area contributed by atoms with Gasteiger partial charge in [0, 0.05) is 44.7 Å². The third-order valence-corrected chi connectivity index (χ3v) is 9.51. The molecule has 1 N–H and O–H groups in total. The molecule has 43 heavy (non-hydrogen) atoms. The summed E-state index contributed by atoms with van der Waals surface area (Å²) in [5.74, 6) is 0.257. The van der Waals surface area contributed by atoms with Gasteiger partial charge >= 0.3 is 0 Å². The number of allylic oxidation sites excluding steroid dienone is 2. The largest absolute Gasteiger partial charge is 0.455 e. The van der Waals surface area contributed by atoms with Crippen molar-refractivity contribution >= 4 is 71.5 Å². The van der Waals surface area contributed by atoms with Crippen LogP contribution in [0.4, 0.5) is 11.4 Å². The number of nitrogens with zero attached hydrogens (tertiary/aromatic N) is 1. The minimum atomic E-state index is 0.176. The summed E-state index contributed by atoms with van der Waals surface area (Å²) in [6, 6.07) is 43.7. The fourth-order valence-corrected chi connectivity index (χ4v) is 7.66. The van der Waals surface area contributed by atoms with Crippen molar-refractivity contribution in [3.05, 3.63) is 151 Å². The zero-order chi connectivity index (χ0) is 28.1. The second-order valence-electron chi connectivity index (χ2n) is 11.7. The van der Waals surface area contributed by atoms with E-state index in [4.69, 9.17) is 4.42 Å². The van der Waals surface area contributed by atoms with Crippen LogP contribution in [0.5, 0.6) is 0 Å². The van der Waals surface area contributed by atoms with Crippen LogP contribution in [-0.4, -0.2) is 11.0 Å². The molecule has 2 aromatic heterocycles. The van der Waals surface area contributed by atoms with Gasteiger partial charge in [0.15, 0.2) is 0 Å². The van der Waals surface area contributed by atoms with Gasteiger partial charge in [0.2, 0.25) is 0 Å². The van der Waals surface area contributed by atoms with E-state index in [-0.39, 0.29) is 12.0 Å². The number of anilines is 2. The number of aromatic nitrogens is 1. The number of hydrogen-bond donors (Lipinski definition) is 1. The van der Waals surface area contributed by atoms with Crippen molar-refractivity contribution in [1.29, 1.82) is 0 Å². The monoisotopic (exact) mass is 550 g/mol. The summed E-state index contributed by atoms with van der Waals surface area (Å²) < 4.78 is 6.86. The smallest absolute Gasteiger partial charge is 0.145 e. The van der Waals surface area contributed by atoms with Gasteiger partial charge in [-0.25, -0.2) is 0 Å². The number of fused-ring (bicyclic) bond motifs is 12. The van der Waals surface area contributed by atoms with Gasteiger partial charge in [0.1, 0.15) is 11.2 Å². The number of aromatic amines is 1. The Morgan fingerprint density at radius 2 is 1.37 bits per heavy atom. The van der Waals surface area contributed by atoms with Gasteiger partial charge < -0.3 is 14.3 Å². The van der Waals surface area contributed by atoms with Crippen molar-refractivity contribution in [2.24, 2.45) is 0 Å². The van der Waals surface area contributed by atoms with Crippen LogP contribution in [0.15, 0.2) is 144 Å². The molecule has 6 aromatic carbocycles. The minimum absolute atomic E-state index is 0.176. The first-order valence-corrected chi connectivity index (χ1v) is 14.9. The molecule has 3 nitrogen and oxygen atoms in total. The second-order valence-corrected chi connectivity index (χ2v) is 11.7. The normalized spacial score (nSPS) is 17.8. The molecule has 10 rings (SSSR count). The molecule has 2 atom stereocenters. The number of H-pyrrole nitrogens is 1. The lowest BCUT2D eigenvalue weighted by molar-refractivity contribution is 0.672. The molecule has 1 aliphatic carbocycles. The van der Waals surface area contributed by atoms with Crippen LogP contribution in [0.3, 0.4) is 0 Å². The number of para-hydroxylation sites is 2. The number of hydrogen-bond acceptors (Lipinski definition) is 2. The molecule has 0 saturated heterocycles. The third-order valence-electron chi connectivity index (χ3n) is 9.51. The van der Waals surface area contributed by atoms with E-state index in [2.05, 4.69) is 149 Å². The summed E-state index contributed by atoms with van der Waals surface area (Å²) in [4.78, 5) is 6.12. The molecular formula is C40H26N2O. The molecular weight excluding hydrogens is 524 g/mol. The maximum Gasteiger partial charge on any atom is 0.145 e. The predicted molar refractivity (Wildman–Crippen MR) is 179 cm³/mol. The standard InChI is InChI=1S/C40H26N2O/c1-2-10-24(11-3-1)25-18-21-35-31(22-25)27-13-7-9-17-34(27)42(35)36-23-37-38(28-14-5-4-12-26(28)36)30-19-20-33-39(40(30)43-37)29-15-6-8-16-32(29)41-33/h1-23,31,35,41H. The van der Waals surface area contributed by atoms with Crippen LogP contribution >= 0.6 is 0 Å². The Kier molecular flexibility index (Phi) is 4.56. The van der Waals surface area contributed by atoms with Gasteiger partial charge in [0.05, 0.1) is 22.6 Å². The second kappa shape index (κ2) is 8.50. The van der Waals surface area contributed by atoms with Crippen molar-refractivity contribution < 1.29 is 4.42 Å². The molecule has 1 aliphatic heterocycles. The van der Waals surface area contributed by atoms with Gasteiger partial charge in [0.25, 0.3) is 0 Å². The Morgan fingerprint density at radius 3 is 2.28 bits per heavy atom. The van der Waals surface area contributed by atoms with Crippen LogP contribution < -0.4 is 4.90 Å². The van der Waals surface area contributed by atoms with Crippen molar-refractivity contribution in [2.45, 2.75) is 12.0 Å². The number of rotatable bonds is 2. The van der Waals surface area contributed by atoms with Gasteiger partial charge in [-0.05, 0) is 46.4 Å². The van der Waals surface area contributed by atoms with Crippen LogP contribution in [0.1, 0.15) is 17.0 Å². The van der Waals surface area contributed by atoms with E-state index in [0.29, 0.717) is 0 Å². The van der Waals surface area contributed by atoms with Crippen molar-refractivity contribution in [2.75, 3.05) is 4.90 Å². The molecule has 0 amide bonds. The Hall–Kier alpha value is -5.54. The Balaban J connectivity index is 1.23. The van der Waals surface area contributed by atoms with Crippen LogP contribution in [-0.2, 0) is 0 Å². The first-order chi connectivity index (χ1) is 21.3.